The average molecular weight is 655 g/mol. The Morgan fingerprint density at radius 3 is 2.07 bits per heavy atom. The molecular weight excluding hydrogens is 621 g/mol. The number of amides is 2. The van der Waals surface area contributed by atoms with Gasteiger partial charge in [-0.15, -0.1) is 0 Å². The van der Waals surface area contributed by atoms with E-state index in [2.05, 4.69) is 5.32 Å². The minimum Gasteiger partial charge on any atom is -0.494 e. The van der Waals surface area contributed by atoms with E-state index >= 15 is 0 Å². The van der Waals surface area contributed by atoms with Gasteiger partial charge in [-0.05, 0) is 93.4 Å². The van der Waals surface area contributed by atoms with Crippen LogP contribution in [0.5, 0.6) is 5.75 Å². The predicted octanol–water partition coefficient (Wildman–Crippen LogP) is 6.57. The van der Waals surface area contributed by atoms with Crippen LogP contribution in [0.3, 0.4) is 0 Å². The summed E-state index contributed by atoms with van der Waals surface area (Å²) in [6.45, 7) is 7.06. The number of sulfonamides is 1. The highest BCUT2D eigenvalue weighted by atomic mass is 35.5. The van der Waals surface area contributed by atoms with Crippen LogP contribution in [0.2, 0.25) is 15.1 Å². The van der Waals surface area contributed by atoms with Crippen molar-refractivity contribution in [2.75, 3.05) is 17.5 Å². The molecule has 0 aromatic heterocycles. The molecular formula is C30H34Cl3N3O5S. The molecule has 0 unspecified atom stereocenters. The molecule has 0 saturated carbocycles. The summed E-state index contributed by atoms with van der Waals surface area (Å²) in [5.41, 5.74) is 0.796. The predicted molar refractivity (Wildman–Crippen MR) is 168 cm³/mol. The Morgan fingerprint density at radius 2 is 1.52 bits per heavy atom. The van der Waals surface area contributed by atoms with Crippen molar-refractivity contribution in [3.05, 3.63) is 87.4 Å². The van der Waals surface area contributed by atoms with E-state index in [9.17, 15) is 18.0 Å². The van der Waals surface area contributed by atoms with Crippen molar-refractivity contribution in [2.45, 2.75) is 57.6 Å². The number of carbonyl (C=O) groups is 2. The molecule has 0 aliphatic rings. The molecule has 0 fully saturated rings. The van der Waals surface area contributed by atoms with Crippen LogP contribution in [-0.4, -0.2) is 50.4 Å². The fourth-order valence-corrected chi connectivity index (χ4v) is 6.28. The summed E-state index contributed by atoms with van der Waals surface area (Å²) in [6, 6.07) is 15.9. The molecule has 226 valence electrons. The van der Waals surface area contributed by atoms with Crippen molar-refractivity contribution in [3.8, 4) is 5.75 Å². The molecule has 0 aliphatic heterocycles. The first-order chi connectivity index (χ1) is 19.9. The Balaban J connectivity index is 2.09. The van der Waals surface area contributed by atoms with E-state index in [4.69, 9.17) is 39.5 Å². The van der Waals surface area contributed by atoms with Gasteiger partial charge in [-0.3, -0.25) is 13.9 Å². The first-order valence-electron chi connectivity index (χ1n) is 13.4. The lowest BCUT2D eigenvalue weighted by Gasteiger charge is -2.33. The molecule has 3 rings (SSSR count). The summed E-state index contributed by atoms with van der Waals surface area (Å²) in [5, 5.41) is 3.96. The lowest BCUT2D eigenvalue weighted by atomic mass is 10.1. The van der Waals surface area contributed by atoms with Gasteiger partial charge in [-0.1, -0.05) is 47.8 Å². The maximum atomic E-state index is 14.1. The number of hydrogen-bond acceptors (Lipinski definition) is 5. The SMILES string of the molecule is CCOc1ccc(N(CC(=O)N(Cc2ccc(Cl)cc2Cl)[C@@H](CC)C(=O)NC(C)C)S(=O)(=O)c2ccc(Cl)cc2)cc1. The normalized spacial score (nSPS) is 12.1. The van der Waals surface area contributed by atoms with Crippen LogP contribution in [0.25, 0.3) is 0 Å². The molecule has 0 aliphatic carbocycles. The van der Waals surface area contributed by atoms with Crippen LogP contribution >= 0.6 is 34.8 Å². The minimum absolute atomic E-state index is 0.0447. The lowest BCUT2D eigenvalue weighted by molar-refractivity contribution is -0.140. The standard InChI is InChI=1S/C30H34Cl3N3O5S/c1-5-28(30(38)34-20(3)4)35(18-21-7-8-23(32)17-27(21)33)29(37)19-36(24-11-13-25(14-12-24)41-6-2)42(39,40)26-15-9-22(31)10-16-26/h7-17,20,28H,5-6,18-19H2,1-4H3,(H,34,38)/t28-/m0/s1. The number of anilines is 1. The molecule has 0 heterocycles. The van der Waals surface area contributed by atoms with E-state index < -0.39 is 28.5 Å². The van der Waals surface area contributed by atoms with Crippen molar-refractivity contribution < 1.29 is 22.7 Å². The third kappa shape index (κ3) is 8.53. The highest BCUT2D eigenvalue weighted by Gasteiger charge is 2.34. The smallest absolute Gasteiger partial charge is 0.264 e. The van der Waals surface area contributed by atoms with Crippen molar-refractivity contribution in [1.29, 1.82) is 0 Å². The fraction of sp³-hybridized carbons (Fsp3) is 0.333. The molecule has 2 amide bonds. The van der Waals surface area contributed by atoms with Crippen LogP contribution in [0.15, 0.2) is 71.6 Å². The van der Waals surface area contributed by atoms with Gasteiger partial charge in [-0.2, -0.15) is 0 Å². The molecule has 8 nitrogen and oxygen atoms in total. The monoisotopic (exact) mass is 653 g/mol. The van der Waals surface area contributed by atoms with Crippen molar-refractivity contribution in [1.82, 2.24) is 10.2 Å². The van der Waals surface area contributed by atoms with Gasteiger partial charge in [0.2, 0.25) is 11.8 Å². The number of hydrogen-bond donors (Lipinski definition) is 1. The van der Waals surface area contributed by atoms with E-state index in [1.165, 1.54) is 29.2 Å². The van der Waals surface area contributed by atoms with Crippen LogP contribution in [-0.2, 0) is 26.2 Å². The molecule has 3 aromatic carbocycles. The molecule has 3 aromatic rings. The third-order valence-corrected chi connectivity index (χ3v) is 8.92. The second-order valence-electron chi connectivity index (χ2n) is 9.74. The van der Waals surface area contributed by atoms with Crippen molar-refractivity contribution in [3.63, 3.8) is 0 Å². The van der Waals surface area contributed by atoms with Gasteiger partial charge in [0.05, 0.1) is 17.2 Å². The molecule has 1 N–H and O–H groups in total. The number of nitrogens with zero attached hydrogens (tertiary/aromatic N) is 2. The molecule has 42 heavy (non-hydrogen) atoms. The van der Waals surface area contributed by atoms with Gasteiger partial charge < -0.3 is 15.0 Å². The maximum absolute atomic E-state index is 14.1. The fourth-order valence-electron chi connectivity index (χ4n) is 4.27. The summed E-state index contributed by atoms with van der Waals surface area (Å²) >= 11 is 18.5. The van der Waals surface area contributed by atoms with Gasteiger partial charge in [0.15, 0.2) is 0 Å². The number of halogens is 3. The Labute approximate surface area is 262 Å². The van der Waals surface area contributed by atoms with E-state index in [-0.39, 0.29) is 35.5 Å². The molecule has 0 radical (unpaired) electrons. The maximum Gasteiger partial charge on any atom is 0.264 e. The summed E-state index contributed by atoms with van der Waals surface area (Å²) in [5.74, 6) is -0.413. The van der Waals surface area contributed by atoms with Crippen LogP contribution in [0.4, 0.5) is 5.69 Å². The van der Waals surface area contributed by atoms with E-state index in [0.29, 0.717) is 33.0 Å². The van der Waals surface area contributed by atoms with Gasteiger partial charge in [0.25, 0.3) is 10.0 Å². The average Bonchev–Trinajstić information content (AvgIpc) is 2.93. The van der Waals surface area contributed by atoms with Crippen LogP contribution in [0, 0.1) is 0 Å². The van der Waals surface area contributed by atoms with Gasteiger partial charge >= 0.3 is 0 Å². The van der Waals surface area contributed by atoms with Crippen LogP contribution < -0.4 is 14.4 Å². The van der Waals surface area contributed by atoms with Crippen molar-refractivity contribution in [2.24, 2.45) is 0 Å². The number of carbonyl (C=O) groups excluding carboxylic acids is 2. The third-order valence-electron chi connectivity index (χ3n) is 6.29. The topological polar surface area (TPSA) is 96.0 Å². The van der Waals surface area contributed by atoms with E-state index in [0.717, 1.165) is 4.31 Å². The quantitative estimate of drug-likeness (QED) is 0.225. The van der Waals surface area contributed by atoms with Gasteiger partial charge in [-0.25, -0.2) is 8.42 Å². The van der Waals surface area contributed by atoms with Gasteiger partial charge in [0.1, 0.15) is 18.3 Å². The second-order valence-corrected chi connectivity index (χ2v) is 12.9. The number of benzene rings is 3. The van der Waals surface area contributed by atoms with E-state index in [1.54, 1.807) is 49.4 Å². The lowest BCUT2D eigenvalue weighted by Crippen LogP contribution is -2.53. The highest BCUT2D eigenvalue weighted by molar-refractivity contribution is 7.92. The largest absolute Gasteiger partial charge is 0.494 e. The Kier molecular flexibility index (Phi) is 11.9. The summed E-state index contributed by atoms with van der Waals surface area (Å²) < 4.78 is 34.4. The molecule has 0 spiro atoms. The summed E-state index contributed by atoms with van der Waals surface area (Å²) in [4.78, 5) is 28.7. The second kappa shape index (κ2) is 15.0. The number of nitrogens with one attached hydrogen (secondary N) is 1. The Morgan fingerprint density at radius 1 is 0.905 bits per heavy atom. The zero-order chi connectivity index (χ0) is 31.0. The van der Waals surface area contributed by atoms with Crippen molar-refractivity contribution >= 4 is 62.3 Å². The first-order valence-corrected chi connectivity index (χ1v) is 16.0. The Bertz CT molecular complexity index is 1480. The molecule has 0 saturated heterocycles. The zero-order valence-corrected chi connectivity index (χ0v) is 26.9. The summed E-state index contributed by atoms with van der Waals surface area (Å²) in [7, 11) is -4.24. The number of ether oxygens (including phenoxy) is 1. The van der Waals surface area contributed by atoms with Gasteiger partial charge in [0, 0.05) is 27.7 Å². The summed E-state index contributed by atoms with van der Waals surface area (Å²) in [6.07, 6.45) is 0.280. The number of rotatable bonds is 13. The highest BCUT2D eigenvalue weighted by Crippen LogP contribution is 2.28. The molecule has 12 heteroatoms. The minimum atomic E-state index is -4.24. The zero-order valence-electron chi connectivity index (χ0n) is 23.8. The first kappa shape index (κ1) is 33.5. The van der Waals surface area contributed by atoms with E-state index in [1.807, 2.05) is 20.8 Å². The molecule has 0 bridgehead atoms. The molecule has 1 atom stereocenters. The van der Waals surface area contributed by atoms with Crippen LogP contribution in [0.1, 0.15) is 39.7 Å². The Hall–Kier alpha value is -2.98.